The summed E-state index contributed by atoms with van der Waals surface area (Å²) in [6, 6.07) is 9.32. The van der Waals surface area contributed by atoms with Gasteiger partial charge in [0.25, 0.3) is 5.91 Å². The fourth-order valence-corrected chi connectivity index (χ4v) is 2.06. The molecular weight excluding hydrogens is 294 g/mol. The molecule has 2 aromatic rings. The Balaban J connectivity index is 2.06. The molecule has 1 aromatic carbocycles. The van der Waals surface area contributed by atoms with E-state index < -0.39 is 0 Å². The average molecular weight is 308 g/mol. The van der Waals surface area contributed by atoms with Crippen molar-refractivity contribution >= 4 is 21.8 Å². The highest BCUT2D eigenvalue weighted by atomic mass is 79.9. The summed E-state index contributed by atoms with van der Waals surface area (Å²) in [5.41, 5.74) is 1.61. The van der Waals surface area contributed by atoms with Crippen molar-refractivity contribution in [2.75, 3.05) is 0 Å². The number of rotatable bonds is 3. The Morgan fingerprint density at radius 1 is 1.28 bits per heavy atom. The molecule has 3 nitrogen and oxygen atoms in total. The molecule has 1 heterocycles. The molecule has 2 rings (SSSR count). The third-order valence-electron chi connectivity index (χ3n) is 2.73. The van der Waals surface area contributed by atoms with Crippen molar-refractivity contribution in [2.45, 2.75) is 20.4 Å². The van der Waals surface area contributed by atoms with Gasteiger partial charge in [0, 0.05) is 10.0 Å². The van der Waals surface area contributed by atoms with E-state index in [0.29, 0.717) is 12.1 Å². The standard InChI is InChI=1S/C14H14BrNO2/c1-9-6-7-11(18-9)8-16-14(17)12-4-3-5-13(15)10(12)2/h3-7H,8H2,1-2H3,(H,16,17). The van der Waals surface area contributed by atoms with Crippen LogP contribution in [0.1, 0.15) is 27.4 Å². The molecule has 94 valence electrons. The van der Waals surface area contributed by atoms with E-state index in [4.69, 9.17) is 4.42 Å². The zero-order chi connectivity index (χ0) is 13.1. The Bertz CT molecular complexity index is 575. The summed E-state index contributed by atoms with van der Waals surface area (Å²) in [6.07, 6.45) is 0. The normalized spacial score (nSPS) is 10.4. The monoisotopic (exact) mass is 307 g/mol. The van der Waals surface area contributed by atoms with Gasteiger partial charge in [0.05, 0.1) is 6.54 Å². The van der Waals surface area contributed by atoms with Gasteiger partial charge in [-0.1, -0.05) is 22.0 Å². The van der Waals surface area contributed by atoms with Crippen molar-refractivity contribution < 1.29 is 9.21 Å². The molecule has 0 aliphatic heterocycles. The van der Waals surface area contributed by atoms with Gasteiger partial charge in [0.15, 0.2) is 0 Å². The number of nitrogens with one attached hydrogen (secondary N) is 1. The van der Waals surface area contributed by atoms with Gasteiger partial charge in [0.2, 0.25) is 0 Å². The fourth-order valence-electron chi connectivity index (χ4n) is 1.70. The van der Waals surface area contributed by atoms with Crippen LogP contribution in [-0.2, 0) is 6.54 Å². The first kappa shape index (κ1) is 12.9. The first-order valence-electron chi connectivity index (χ1n) is 5.66. The Morgan fingerprint density at radius 3 is 2.72 bits per heavy atom. The molecule has 0 radical (unpaired) electrons. The van der Waals surface area contributed by atoms with Crippen molar-refractivity contribution in [2.24, 2.45) is 0 Å². The van der Waals surface area contributed by atoms with Crippen LogP contribution in [0.2, 0.25) is 0 Å². The van der Waals surface area contributed by atoms with Crippen LogP contribution in [0.4, 0.5) is 0 Å². The molecule has 0 fully saturated rings. The Labute approximate surface area is 114 Å². The zero-order valence-corrected chi connectivity index (χ0v) is 11.9. The van der Waals surface area contributed by atoms with Crippen molar-refractivity contribution in [1.29, 1.82) is 0 Å². The van der Waals surface area contributed by atoms with Gasteiger partial charge in [-0.3, -0.25) is 4.79 Å². The van der Waals surface area contributed by atoms with E-state index in [9.17, 15) is 4.79 Å². The largest absolute Gasteiger partial charge is 0.465 e. The molecule has 0 saturated carbocycles. The number of benzene rings is 1. The molecule has 0 spiro atoms. The molecule has 1 aromatic heterocycles. The smallest absolute Gasteiger partial charge is 0.251 e. The number of aryl methyl sites for hydroxylation is 1. The number of hydrogen-bond donors (Lipinski definition) is 1. The van der Waals surface area contributed by atoms with Crippen LogP contribution in [0, 0.1) is 13.8 Å². The topological polar surface area (TPSA) is 42.2 Å². The molecular formula is C14H14BrNO2. The van der Waals surface area contributed by atoms with Crippen molar-refractivity contribution in [3.8, 4) is 0 Å². The van der Waals surface area contributed by atoms with E-state index in [1.54, 1.807) is 0 Å². The molecule has 18 heavy (non-hydrogen) atoms. The molecule has 0 atom stereocenters. The summed E-state index contributed by atoms with van der Waals surface area (Å²) >= 11 is 3.42. The van der Waals surface area contributed by atoms with Crippen molar-refractivity contribution in [1.82, 2.24) is 5.32 Å². The second-order valence-corrected chi connectivity index (χ2v) is 4.96. The third-order valence-corrected chi connectivity index (χ3v) is 3.59. The van der Waals surface area contributed by atoms with E-state index in [2.05, 4.69) is 21.2 Å². The third kappa shape index (κ3) is 2.82. The lowest BCUT2D eigenvalue weighted by molar-refractivity contribution is 0.0947. The quantitative estimate of drug-likeness (QED) is 0.941. The lowest BCUT2D eigenvalue weighted by Gasteiger charge is -2.07. The van der Waals surface area contributed by atoms with Crippen LogP contribution in [0.15, 0.2) is 39.2 Å². The zero-order valence-electron chi connectivity index (χ0n) is 10.3. The number of halogens is 1. The summed E-state index contributed by atoms with van der Waals surface area (Å²) in [5, 5.41) is 2.84. The predicted octanol–water partition coefficient (Wildman–Crippen LogP) is 3.59. The molecule has 4 heteroatoms. The van der Waals surface area contributed by atoms with E-state index >= 15 is 0 Å². The van der Waals surface area contributed by atoms with Gasteiger partial charge in [-0.05, 0) is 43.7 Å². The highest BCUT2D eigenvalue weighted by Crippen LogP contribution is 2.19. The minimum atomic E-state index is -0.0946. The van der Waals surface area contributed by atoms with Crippen LogP contribution < -0.4 is 5.32 Å². The highest BCUT2D eigenvalue weighted by Gasteiger charge is 2.10. The van der Waals surface area contributed by atoms with Gasteiger partial charge in [0.1, 0.15) is 11.5 Å². The summed E-state index contributed by atoms with van der Waals surface area (Å²) in [7, 11) is 0. The molecule has 0 aliphatic rings. The molecule has 0 bridgehead atoms. The molecule has 0 unspecified atom stereocenters. The summed E-state index contributed by atoms with van der Waals surface area (Å²) in [5.74, 6) is 1.51. The minimum Gasteiger partial charge on any atom is -0.465 e. The second-order valence-electron chi connectivity index (χ2n) is 4.11. The fraction of sp³-hybridized carbons (Fsp3) is 0.214. The molecule has 1 N–H and O–H groups in total. The molecule has 0 saturated heterocycles. The molecule has 0 aliphatic carbocycles. The van der Waals surface area contributed by atoms with Gasteiger partial charge in [-0.2, -0.15) is 0 Å². The van der Waals surface area contributed by atoms with Crippen LogP contribution in [0.3, 0.4) is 0 Å². The van der Waals surface area contributed by atoms with E-state index in [-0.39, 0.29) is 5.91 Å². The lowest BCUT2D eigenvalue weighted by Crippen LogP contribution is -2.23. The maximum absolute atomic E-state index is 12.0. The van der Waals surface area contributed by atoms with Gasteiger partial charge in [-0.25, -0.2) is 0 Å². The van der Waals surface area contributed by atoms with Crippen LogP contribution in [-0.4, -0.2) is 5.91 Å². The Morgan fingerprint density at radius 2 is 2.06 bits per heavy atom. The summed E-state index contributed by atoms with van der Waals surface area (Å²) < 4.78 is 6.33. The van der Waals surface area contributed by atoms with Gasteiger partial charge >= 0.3 is 0 Å². The number of carbonyl (C=O) groups is 1. The van der Waals surface area contributed by atoms with E-state index in [1.165, 1.54) is 0 Å². The average Bonchev–Trinajstić information content (AvgIpc) is 2.76. The second kappa shape index (κ2) is 5.40. The maximum Gasteiger partial charge on any atom is 0.251 e. The van der Waals surface area contributed by atoms with Crippen molar-refractivity contribution in [3.05, 3.63) is 57.5 Å². The molecule has 1 amide bonds. The Kier molecular flexibility index (Phi) is 3.87. The highest BCUT2D eigenvalue weighted by molar-refractivity contribution is 9.10. The number of hydrogen-bond acceptors (Lipinski definition) is 2. The van der Waals surface area contributed by atoms with Gasteiger partial charge in [-0.15, -0.1) is 0 Å². The number of carbonyl (C=O) groups excluding carboxylic acids is 1. The first-order chi connectivity index (χ1) is 8.58. The van der Waals surface area contributed by atoms with Crippen LogP contribution in [0.5, 0.6) is 0 Å². The van der Waals surface area contributed by atoms with Crippen LogP contribution >= 0.6 is 15.9 Å². The van der Waals surface area contributed by atoms with Crippen LogP contribution in [0.25, 0.3) is 0 Å². The van der Waals surface area contributed by atoms with Crippen molar-refractivity contribution in [3.63, 3.8) is 0 Å². The maximum atomic E-state index is 12.0. The Hall–Kier alpha value is -1.55. The number of furan rings is 1. The van der Waals surface area contributed by atoms with E-state index in [1.807, 2.05) is 44.2 Å². The number of amides is 1. The summed E-state index contributed by atoms with van der Waals surface area (Å²) in [6.45, 7) is 4.19. The van der Waals surface area contributed by atoms with Gasteiger partial charge < -0.3 is 9.73 Å². The van der Waals surface area contributed by atoms with E-state index in [0.717, 1.165) is 21.6 Å². The SMILES string of the molecule is Cc1ccc(CNC(=O)c2cccc(Br)c2C)o1. The first-order valence-corrected chi connectivity index (χ1v) is 6.46. The minimum absolute atomic E-state index is 0.0946. The predicted molar refractivity (Wildman–Crippen MR) is 73.5 cm³/mol. The summed E-state index contributed by atoms with van der Waals surface area (Å²) in [4.78, 5) is 12.0. The lowest BCUT2D eigenvalue weighted by atomic mass is 10.1.